The first-order valence-electron chi connectivity index (χ1n) is 4.95. The van der Waals surface area contributed by atoms with Crippen molar-refractivity contribution in [3.63, 3.8) is 0 Å². The second-order valence-electron chi connectivity index (χ2n) is 3.12. The number of aryl methyl sites for hydroxylation is 1. The number of halogens is 3. The van der Waals surface area contributed by atoms with Crippen LogP contribution in [0.5, 0.6) is 0 Å². The summed E-state index contributed by atoms with van der Waals surface area (Å²) in [4.78, 5) is 0. The van der Waals surface area contributed by atoms with E-state index in [2.05, 4.69) is 10.4 Å². The van der Waals surface area contributed by atoms with E-state index in [0.29, 0.717) is 6.54 Å². The third-order valence-corrected chi connectivity index (χ3v) is 2.64. The molecule has 0 aliphatic heterocycles. The van der Waals surface area contributed by atoms with Crippen molar-refractivity contribution < 1.29 is 13.2 Å². The fourth-order valence-electron chi connectivity index (χ4n) is 1.21. The summed E-state index contributed by atoms with van der Waals surface area (Å²) in [5.74, 6) is -0.00962. The molecule has 1 N–H and O–H groups in total. The molecule has 0 amide bonds. The highest BCUT2D eigenvalue weighted by atomic mass is 32.2. The van der Waals surface area contributed by atoms with Gasteiger partial charge >= 0.3 is 5.51 Å². The molecule has 0 saturated heterocycles. The minimum atomic E-state index is -4.16. The maximum atomic E-state index is 11.9. The Morgan fingerprint density at radius 2 is 2.25 bits per heavy atom. The molecule has 0 aliphatic carbocycles. The van der Waals surface area contributed by atoms with E-state index in [1.54, 1.807) is 16.9 Å². The number of rotatable bonds is 6. The van der Waals surface area contributed by atoms with Crippen LogP contribution < -0.4 is 5.32 Å². The quantitative estimate of drug-likeness (QED) is 0.843. The molecule has 1 heterocycles. The minimum Gasteiger partial charge on any atom is -0.311 e. The van der Waals surface area contributed by atoms with Gasteiger partial charge < -0.3 is 5.32 Å². The van der Waals surface area contributed by atoms with Crippen molar-refractivity contribution in [1.29, 1.82) is 0 Å². The summed E-state index contributed by atoms with van der Waals surface area (Å²) in [5, 5.41) is 7.09. The Balaban J connectivity index is 2.38. The zero-order valence-corrected chi connectivity index (χ0v) is 9.74. The van der Waals surface area contributed by atoms with E-state index in [4.69, 9.17) is 0 Å². The third-order valence-electron chi connectivity index (χ3n) is 1.93. The van der Waals surface area contributed by atoms with Gasteiger partial charge in [0.05, 0.1) is 12.2 Å². The average Bonchev–Trinajstić information content (AvgIpc) is 2.60. The molecule has 0 spiro atoms. The van der Waals surface area contributed by atoms with Crippen molar-refractivity contribution >= 4 is 11.8 Å². The largest absolute Gasteiger partial charge is 0.441 e. The molecule has 1 rings (SSSR count). The average molecular weight is 253 g/mol. The van der Waals surface area contributed by atoms with E-state index in [9.17, 15) is 13.2 Å². The number of aromatic nitrogens is 2. The fraction of sp³-hybridized carbons (Fsp3) is 0.667. The molecule has 7 heteroatoms. The molecule has 0 atom stereocenters. The molecule has 16 heavy (non-hydrogen) atoms. The van der Waals surface area contributed by atoms with Crippen molar-refractivity contribution in [2.75, 3.05) is 12.3 Å². The summed E-state index contributed by atoms with van der Waals surface area (Å²) in [6.07, 6.45) is 1.60. The van der Waals surface area contributed by atoms with E-state index < -0.39 is 5.51 Å². The number of hydrogen-bond donors (Lipinski definition) is 1. The predicted molar refractivity (Wildman–Crippen MR) is 58.1 cm³/mol. The first-order valence-corrected chi connectivity index (χ1v) is 5.93. The molecule has 0 aliphatic rings. The Labute approximate surface area is 96.4 Å². The fourth-order valence-corrected chi connectivity index (χ4v) is 1.71. The Morgan fingerprint density at radius 1 is 1.50 bits per heavy atom. The van der Waals surface area contributed by atoms with Crippen LogP contribution in [0.25, 0.3) is 0 Å². The lowest BCUT2D eigenvalue weighted by Gasteiger charge is -2.09. The molecule has 1 aromatic rings. The highest BCUT2D eigenvalue weighted by Crippen LogP contribution is 2.29. The van der Waals surface area contributed by atoms with Crippen LogP contribution in [0.1, 0.15) is 12.6 Å². The second-order valence-corrected chi connectivity index (χ2v) is 4.28. The van der Waals surface area contributed by atoms with Gasteiger partial charge in [-0.05, 0) is 24.4 Å². The summed E-state index contributed by atoms with van der Waals surface area (Å²) in [6.45, 7) is 3.70. The van der Waals surface area contributed by atoms with Crippen molar-refractivity contribution in [3.8, 4) is 0 Å². The summed E-state index contributed by atoms with van der Waals surface area (Å²) >= 11 is -0.0169. The SMILES string of the molecule is CCNCc1ccnn1CCSC(F)(F)F. The number of nitrogens with zero attached hydrogens (tertiary/aromatic N) is 2. The normalized spacial score (nSPS) is 12.0. The maximum absolute atomic E-state index is 11.9. The summed E-state index contributed by atoms with van der Waals surface area (Å²) in [5.41, 5.74) is -3.25. The van der Waals surface area contributed by atoms with E-state index in [-0.39, 0.29) is 24.1 Å². The molecule has 1 aromatic heterocycles. The van der Waals surface area contributed by atoms with Crippen molar-refractivity contribution in [1.82, 2.24) is 15.1 Å². The third kappa shape index (κ3) is 4.89. The molecular formula is C9H14F3N3S. The van der Waals surface area contributed by atoms with Crippen molar-refractivity contribution in [2.45, 2.75) is 25.5 Å². The van der Waals surface area contributed by atoms with Crippen molar-refractivity contribution in [3.05, 3.63) is 18.0 Å². The van der Waals surface area contributed by atoms with Gasteiger partial charge in [-0.1, -0.05) is 6.92 Å². The van der Waals surface area contributed by atoms with Crippen LogP contribution in [0.15, 0.2) is 12.3 Å². The van der Waals surface area contributed by atoms with Crippen molar-refractivity contribution in [2.24, 2.45) is 0 Å². The van der Waals surface area contributed by atoms with Crippen LogP contribution in [0, 0.1) is 0 Å². The Hall–Kier alpha value is -0.690. The van der Waals surface area contributed by atoms with E-state index in [0.717, 1.165) is 12.2 Å². The highest BCUT2D eigenvalue weighted by molar-refractivity contribution is 8.00. The van der Waals surface area contributed by atoms with Crippen LogP contribution in [0.3, 0.4) is 0 Å². The van der Waals surface area contributed by atoms with Crippen LogP contribution in [0.2, 0.25) is 0 Å². The van der Waals surface area contributed by atoms with Gasteiger partial charge in [-0.2, -0.15) is 18.3 Å². The molecular weight excluding hydrogens is 239 g/mol. The monoisotopic (exact) mass is 253 g/mol. The van der Waals surface area contributed by atoms with Crippen LogP contribution in [-0.4, -0.2) is 27.6 Å². The first kappa shape index (κ1) is 13.4. The zero-order chi connectivity index (χ0) is 12.0. The lowest BCUT2D eigenvalue weighted by atomic mass is 10.4. The van der Waals surface area contributed by atoms with Gasteiger partial charge in [0.15, 0.2) is 0 Å². The van der Waals surface area contributed by atoms with Gasteiger partial charge in [-0.15, -0.1) is 0 Å². The molecule has 0 aromatic carbocycles. The summed E-state index contributed by atoms with van der Waals surface area (Å²) in [6, 6.07) is 1.81. The standard InChI is InChI=1S/C9H14F3N3S/c1-2-13-7-8-3-4-14-15(8)5-6-16-9(10,11)12/h3-4,13H,2,5-7H2,1H3. The first-order chi connectivity index (χ1) is 7.53. The van der Waals surface area contributed by atoms with Crippen LogP contribution in [0.4, 0.5) is 13.2 Å². The topological polar surface area (TPSA) is 29.9 Å². The van der Waals surface area contributed by atoms with Crippen LogP contribution >= 0.6 is 11.8 Å². The lowest BCUT2D eigenvalue weighted by molar-refractivity contribution is -0.0328. The molecule has 0 saturated carbocycles. The van der Waals surface area contributed by atoms with E-state index in [1.165, 1.54) is 0 Å². The van der Waals surface area contributed by atoms with E-state index >= 15 is 0 Å². The zero-order valence-electron chi connectivity index (χ0n) is 8.92. The Morgan fingerprint density at radius 3 is 2.88 bits per heavy atom. The predicted octanol–water partition coefficient (Wildman–Crippen LogP) is 2.25. The molecule has 0 bridgehead atoms. The minimum absolute atomic E-state index is 0.00962. The van der Waals surface area contributed by atoms with Gasteiger partial charge in [0.25, 0.3) is 0 Å². The van der Waals surface area contributed by atoms with Gasteiger partial charge in [-0.3, -0.25) is 4.68 Å². The Kier molecular flexibility index (Phi) is 5.14. The van der Waals surface area contributed by atoms with Gasteiger partial charge in [-0.25, -0.2) is 0 Å². The summed E-state index contributed by atoms with van der Waals surface area (Å²) < 4.78 is 37.3. The molecule has 3 nitrogen and oxygen atoms in total. The van der Waals surface area contributed by atoms with Gasteiger partial charge in [0.2, 0.25) is 0 Å². The number of nitrogens with one attached hydrogen (secondary N) is 1. The van der Waals surface area contributed by atoms with Crippen LogP contribution in [-0.2, 0) is 13.1 Å². The second kappa shape index (κ2) is 6.15. The van der Waals surface area contributed by atoms with Gasteiger partial charge in [0, 0.05) is 18.5 Å². The number of hydrogen-bond acceptors (Lipinski definition) is 3. The molecule has 0 fully saturated rings. The molecule has 0 unspecified atom stereocenters. The molecule has 92 valence electrons. The summed E-state index contributed by atoms with van der Waals surface area (Å²) in [7, 11) is 0. The van der Waals surface area contributed by atoms with Gasteiger partial charge in [0.1, 0.15) is 0 Å². The Bertz CT molecular complexity index is 311. The number of alkyl halides is 3. The molecule has 0 radical (unpaired) electrons. The maximum Gasteiger partial charge on any atom is 0.441 e. The lowest BCUT2D eigenvalue weighted by Crippen LogP contribution is -2.17. The smallest absolute Gasteiger partial charge is 0.311 e. The highest BCUT2D eigenvalue weighted by Gasteiger charge is 2.27. The van der Waals surface area contributed by atoms with E-state index in [1.807, 2.05) is 6.92 Å². The number of thioether (sulfide) groups is 1.